The van der Waals surface area contributed by atoms with Crippen molar-refractivity contribution in [3.05, 3.63) is 66.8 Å². The predicted molar refractivity (Wildman–Crippen MR) is 115 cm³/mol. The summed E-state index contributed by atoms with van der Waals surface area (Å²) in [7, 11) is 1.49. The number of rotatable bonds is 4. The summed E-state index contributed by atoms with van der Waals surface area (Å²) in [6, 6.07) is 8.19. The van der Waals surface area contributed by atoms with Gasteiger partial charge in [-0.2, -0.15) is 13.2 Å². The molecule has 4 aromatic rings. The number of aromatic nitrogens is 7. The average Bonchev–Trinajstić information content (AvgIpc) is 3.39. The number of pyridine rings is 2. The fraction of sp³-hybridized carbons (Fsp3) is 0.348. The van der Waals surface area contributed by atoms with Crippen LogP contribution in [0.2, 0.25) is 0 Å². The molecule has 1 unspecified atom stereocenters. The van der Waals surface area contributed by atoms with E-state index in [0.29, 0.717) is 30.5 Å². The van der Waals surface area contributed by atoms with Crippen LogP contribution in [0.15, 0.2) is 55.4 Å². The van der Waals surface area contributed by atoms with Gasteiger partial charge in [-0.3, -0.25) is 4.90 Å². The van der Waals surface area contributed by atoms with Crippen LogP contribution in [0.1, 0.15) is 36.3 Å². The number of halogens is 3. The van der Waals surface area contributed by atoms with Crippen molar-refractivity contribution in [3.8, 4) is 23.0 Å². The highest BCUT2D eigenvalue weighted by molar-refractivity contribution is 5.50. The van der Waals surface area contributed by atoms with Crippen LogP contribution in [0, 0.1) is 0 Å². The molecular weight excluding hydrogens is 445 g/mol. The molecule has 5 heterocycles. The van der Waals surface area contributed by atoms with Gasteiger partial charge in [-0.05, 0) is 37.0 Å². The van der Waals surface area contributed by atoms with Gasteiger partial charge < -0.3 is 9.13 Å². The van der Waals surface area contributed by atoms with Crippen LogP contribution in [0.5, 0.6) is 0 Å². The third-order valence-electron chi connectivity index (χ3n) is 6.44. The lowest BCUT2D eigenvalue weighted by Gasteiger charge is -2.33. The van der Waals surface area contributed by atoms with Crippen LogP contribution >= 0.6 is 0 Å². The number of hydrogen-bond donors (Lipinski definition) is 0. The van der Waals surface area contributed by atoms with E-state index in [1.165, 1.54) is 18.3 Å². The molecule has 0 amide bonds. The van der Waals surface area contributed by atoms with Crippen molar-refractivity contribution >= 4 is 0 Å². The van der Waals surface area contributed by atoms with E-state index in [9.17, 15) is 13.2 Å². The minimum atomic E-state index is -4.37. The topological polar surface area (TPSA) is 68.5 Å². The van der Waals surface area contributed by atoms with Gasteiger partial charge >= 0.3 is 12.0 Å². The van der Waals surface area contributed by atoms with Crippen molar-refractivity contribution in [1.82, 2.24) is 34.2 Å². The minimum Gasteiger partial charge on any atom is -0.307 e. The molecule has 0 aromatic carbocycles. The normalized spacial score (nSPS) is 18.8. The molecule has 0 saturated heterocycles. The quantitative estimate of drug-likeness (QED) is 0.431. The molecule has 11 heteroatoms. The van der Waals surface area contributed by atoms with E-state index in [1.807, 2.05) is 47.3 Å². The first kappa shape index (κ1) is 21.0. The molecule has 4 aromatic heterocycles. The van der Waals surface area contributed by atoms with Crippen LogP contribution in [0.4, 0.5) is 13.2 Å². The Kier molecular flexibility index (Phi) is 4.76. The maximum absolute atomic E-state index is 13.6. The highest BCUT2D eigenvalue weighted by Crippen LogP contribution is 2.40. The standard InChI is InChI=1S/C23H22F3N8/c1-31-10-9-18-20(21(31)23(24,25)26)27-13-33(18)16-7-11-32(12-8-16)19-4-2-3-17(29-19)22-30-28-14-34(22)15-5-6-15/h2-4,7-8,11-15,21H,5-6,9-10H2,1H3/q+1. The highest BCUT2D eigenvalue weighted by atomic mass is 19.4. The Labute approximate surface area is 193 Å². The molecule has 34 heavy (non-hydrogen) atoms. The fourth-order valence-electron chi connectivity index (χ4n) is 4.58. The first-order valence-electron chi connectivity index (χ1n) is 11.1. The molecule has 0 bridgehead atoms. The Bertz CT molecular complexity index is 1340. The van der Waals surface area contributed by atoms with Crippen LogP contribution in [0.25, 0.3) is 23.0 Å². The summed E-state index contributed by atoms with van der Waals surface area (Å²) in [4.78, 5) is 10.2. The van der Waals surface area contributed by atoms with Crippen molar-refractivity contribution in [2.45, 2.75) is 37.5 Å². The van der Waals surface area contributed by atoms with Gasteiger partial charge in [0.25, 0.3) is 0 Å². The second-order valence-electron chi connectivity index (χ2n) is 8.76. The summed E-state index contributed by atoms with van der Waals surface area (Å²) < 4.78 is 46.5. The average molecular weight is 467 g/mol. The molecule has 1 aliphatic heterocycles. The molecule has 0 N–H and O–H groups in total. The molecule has 6 rings (SSSR count). The van der Waals surface area contributed by atoms with Crippen molar-refractivity contribution in [1.29, 1.82) is 0 Å². The van der Waals surface area contributed by atoms with Crippen molar-refractivity contribution in [2.24, 2.45) is 0 Å². The largest absolute Gasteiger partial charge is 0.409 e. The molecular formula is C23H22F3N8+. The summed E-state index contributed by atoms with van der Waals surface area (Å²) in [5.74, 6) is 1.46. The molecule has 1 aliphatic carbocycles. The van der Waals surface area contributed by atoms with E-state index in [4.69, 9.17) is 4.98 Å². The second kappa shape index (κ2) is 7.73. The van der Waals surface area contributed by atoms with Crippen LogP contribution in [-0.2, 0) is 6.42 Å². The van der Waals surface area contributed by atoms with E-state index >= 15 is 0 Å². The van der Waals surface area contributed by atoms with Gasteiger partial charge in [0.05, 0.1) is 30.1 Å². The lowest BCUT2D eigenvalue weighted by molar-refractivity contribution is -0.599. The van der Waals surface area contributed by atoms with Gasteiger partial charge in [0.1, 0.15) is 6.33 Å². The lowest BCUT2D eigenvalue weighted by Crippen LogP contribution is -2.41. The second-order valence-corrected chi connectivity index (χ2v) is 8.76. The van der Waals surface area contributed by atoms with Crippen LogP contribution in [-0.4, -0.2) is 54.0 Å². The number of hydrogen-bond acceptors (Lipinski definition) is 5. The Morgan fingerprint density at radius 3 is 2.59 bits per heavy atom. The summed E-state index contributed by atoms with van der Waals surface area (Å²) in [6.45, 7) is 0.317. The van der Waals surface area contributed by atoms with Crippen molar-refractivity contribution in [2.75, 3.05) is 13.6 Å². The maximum atomic E-state index is 13.6. The zero-order valence-corrected chi connectivity index (χ0v) is 18.4. The van der Waals surface area contributed by atoms with Crippen LogP contribution < -0.4 is 4.57 Å². The monoisotopic (exact) mass is 467 g/mol. The fourth-order valence-corrected chi connectivity index (χ4v) is 4.58. The molecule has 0 spiro atoms. The molecule has 1 fully saturated rings. The minimum absolute atomic E-state index is 0.0760. The Hall–Kier alpha value is -3.60. The summed E-state index contributed by atoms with van der Waals surface area (Å²) in [5, 5.41) is 8.29. The summed E-state index contributed by atoms with van der Waals surface area (Å²) in [5.41, 5.74) is 2.16. The number of alkyl halides is 3. The smallest absolute Gasteiger partial charge is 0.307 e. The Morgan fingerprint density at radius 1 is 1.06 bits per heavy atom. The van der Waals surface area contributed by atoms with Gasteiger partial charge in [0, 0.05) is 42.9 Å². The third kappa shape index (κ3) is 3.56. The highest BCUT2D eigenvalue weighted by Gasteiger charge is 2.48. The third-order valence-corrected chi connectivity index (χ3v) is 6.44. The Morgan fingerprint density at radius 2 is 1.85 bits per heavy atom. The molecule has 0 radical (unpaired) electrons. The first-order valence-corrected chi connectivity index (χ1v) is 11.1. The zero-order chi connectivity index (χ0) is 23.4. The van der Waals surface area contributed by atoms with E-state index in [2.05, 4.69) is 19.7 Å². The van der Waals surface area contributed by atoms with Gasteiger partial charge in [0.2, 0.25) is 11.5 Å². The first-order chi connectivity index (χ1) is 16.4. The summed E-state index contributed by atoms with van der Waals surface area (Å²) >= 11 is 0. The van der Waals surface area contributed by atoms with E-state index in [-0.39, 0.29) is 5.69 Å². The SMILES string of the molecule is CN1CCc2c(ncn2-c2cc[n+](-c3cccc(-c4nncn4C4CC4)n3)cc2)C1C(F)(F)F. The number of nitrogens with zero attached hydrogens (tertiary/aromatic N) is 8. The van der Waals surface area contributed by atoms with Gasteiger partial charge in [-0.15, -0.1) is 10.2 Å². The number of fused-ring (bicyclic) bond motifs is 1. The maximum Gasteiger partial charge on any atom is 0.409 e. The zero-order valence-electron chi connectivity index (χ0n) is 18.4. The number of imidazole rings is 1. The van der Waals surface area contributed by atoms with Crippen molar-refractivity contribution < 1.29 is 17.7 Å². The molecule has 2 aliphatic rings. The molecule has 174 valence electrons. The molecule has 1 saturated carbocycles. The van der Waals surface area contributed by atoms with Gasteiger partial charge in [0.15, 0.2) is 6.04 Å². The van der Waals surface area contributed by atoms with Crippen molar-refractivity contribution in [3.63, 3.8) is 0 Å². The van der Waals surface area contributed by atoms with Crippen LogP contribution in [0.3, 0.4) is 0 Å². The molecule has 8 nitrogen and oxygen atoms in total. The van der Waals surface area contributed by atoms with Gasteiger partial charge in [-0.25, -0.2) is 9.55 Å². The molecule has 1 atom stereocenters. The van der Waals surface area contributed by atoms with E-state index in [0.717, 1.165) is 30.0 Å². The predicted octanol–water partition coefficient (Wildman–Crippen LogP) is 3.23. The lowest BCUT2D eigenvalue weighted by atomic mass is 10.0. The van der Waals surface area contributed by atoms with E-state index < -0.39 is 12.2 Å². The van der Waals surface area contributed by atoms with E-state index in [1.54, 1.807) is 10.9 Å². The summed E-state index contributed by atoms with van der Waals surface area (Å²) in [6.07, 6.45) is 5.28. The van der Waals surface area contributed by atoms with Gasteiger partial charge in [-0.1, -0.05) is 0 Å². The Balaban J connectivity index is 1.30. The number of likely N-dealkylation sites (N-methyl/N-ethyl adjacent to an activating group) is 1.